The number of rotatable bonds is 5. The van der Waals surface area contributed by atoms with Gasteiger partial charge in [-0.2, -0.15) is 0 Å². The van der Waals surface area contributed by atoms with Gasteiger partial charge in [0.1, 0.15) is 0 Å². The second kappa shape index (κ2) is 5.89. The molecular formula is C14H28O. The van der Waals surface area contributed by atoms with Crippen LogP contribution in [0.1, 0.15) is 72.1 Å². The molecule has 0 heterocycles. The zero-order valence-corrected chi connectivity index (χ0v) is 10.8. The first kappa shape index (κ1) is 13.0. The topological polar surface area (TPSA) is 20.2 Å². The number of aliphatic hydroxyl groups is 1. The van der Waals surface area contributed by atoms with Gasteiger partial charge in [0.05, 0.1) is 5.60 Å². The minimum atomic E-state index is -0.354. The van der Waals surface area contributed by atoms with Gasteiger partial charge in [-0.1, -0.05) is 46.5 Å². The number of hydrogen-bond donors (Lipinski definition) is 1. The Hall–Kier alpha value is -0.0400. The maximum Gasteiger partial charge on any atom is 0.0673 e. The average Bonchev–Trinajstić information content (AvgIpc) is 2.29. The van der Waals surface area contributed by atoms with Crippen molar-refractivity contribution in [2.45, 2.75) is 77.7 Å². The van der Waals surface area contributed by atoms with Gasteiger partial charge >= 0.3 is 0 Å². The molecule has 1 atom stereocenters. The van der Waals surface area contributed by atoms with Crippen molar-refractivity contribution >= 4 is 0 Å². The third kappa shape index (κ3) is 3.21. The van der Waals surface area contributed by atoms with Crippen LogP contribution in [0.5, 0.6) is 0 Å². The maximum absolute atomic E-state index is 10.6. The summed E-state index contributed by atoms with van der Waals surface area (Å²) in [5, 5.41) is 10.6. The minimum absolute atomic E-state index is 0.354. The molecule has 15 heavy (non-hydrogen) atoms. The molecule has 0 saturated heterocycles. The molecule has 1 aliphatic rings. The van der Waals surface area contributed by atoms with Crippen LogP contribution in [0, 0.1) is 11.8 Å². The summed E-state index contributed by atoms with van der Waals surface area (Å²) in [4.78, 5) is 0. The monoisotopic (exact) mass is 212 g/mol. The molecule has 0 aliphatic heterocycles. The van der Waals surface area contributed by atoms with E-state index in [1.165, 1.54) is 32.1 Å². The van der Waals surface area contributed by atoms with Crippen LogP contribution in [0.4, 0.5) is 0 Å². The molecule has 0 aromatic rings. The predicted molar refractivity (Wildman–Crippen MR) is 65.9 cm³/mol. The lowest BCUT2D eigenvalue weighted by Crippen LogP contribution is -2.39. The summed E-state index contributed by atoms with van der Waals surface area (Å²) in [5.41, 5.74) is -0.354. The van der Waals surface area contributed by atoms with E-state index in [4.69, 9.17) is 0 Å². The first-order valence-corrected chi connectivity index (χ1v) is 6.88. The Morgan fingerprint density at radius 2 is 1.67 bits per heavy atom. The van der Waals surface area contributed by atoms with Gasteiger partial charge in [-0.25, -0.2) is 0 Å². The lowest BCUT2D eigenvalue weighted by Gasteiger charge is -2.40. The van der Waals surface area contributed by atoms with E-state index in [0.717, 1.165) is 25.2 Å². The Bertz CT molecular complexity index is 170. The van der Waals surface area contributed by atoms with E-state index in [1.54, 1.807) is 0 Å². The Kier molecular flexibility index (Phi) is 5.11. The van der Waals surface area contributed by atoms with E-state index in [-0.39, 0.29) is 5.60 Å². The Morgan fingerprint density at radius 1 is 1.07 bits per heavy atom. The van der Waals surface area contributed by atoms with Crippen molar-refractivity contribution < 1.29 is 5.11 Å². The van der Waals surface area contributed by atoms with Crippen molar-refractivity contribution in [3.8, 4) is 0 Å². The molecule has 1 fully saturated rings. The van der Waals surface area contributed by atoms with E-state index in [0.29, 0.717) is 5.92 Å². The van der Waals surface area contributed by atoms with E-state index in [1.807, 2.05) is 0 Å². The first-order chi connectivity index (χ1) is 7.16. The summed E-state index contributed by atoms with van der Waals surface area (Å²) in [7, 11) is 0. The summed E-state index contributed by atoms with van der Waals surface area (Å²) >= 11 is 0. The Morgan fingerprint density at radius 3 is 2.07 bits per heavy atom. The van der Waals surface area contributed by atoms with Crippen LogP contribution >= 0.6 is 0 Å². The zero-order chi connectivity index (χ0) is 11.3. The molecule has 0 amide bonds. The normalized spacial score (nSPS) is 31.2. The zero-order valence-electron chi connectivity index (χ0n) is 10.8. The summed E-state index contributed by atoms with van der Waals surface area (Å²) in [6.07, 6.45) is 9.54. The summed E-state index contributed by atoms with van der Waals surface area (Å²) in [6.45, 7) is 6.61. The molecule has 1 N–H and O–H groups in total. The highest BCUT2D eigenvalue weighted by atomic mass is 16.3. The standard InChI is InChI=1S/C14H28O/c1-4-11-14(15,6-3)13-9-7-12(5-2)8-10-13/h12-13,15H,4-11H2,1-3H3. The van der Waals surface area contributed by atoms with E-state index < -0.39 is 0 Å². The third-order valence-electron chi connectivity index (χ3n) is 4.48. The van der Waals surface area contributed by atoms with Gasteiger partial charge < -0.3 is 5.11 Å². The van der Waals surface area contributed by atoms with Crippen LogP contribution in [-0.4, -0.2) is 10.7 Å². The quantitative estimate of drug-likeness (QED) is 0.726. The van der Waals surface area contributed by atoms with Crippen LogP contribution < -0.4 is 0 Å². The van der Waals surface area contributed by atoms with E-state index in [9.17, 15) is 5.11 Å². The van der Waals surface area contributed by atoms with Crippen molar-refractivity contribution in [1.82, 2.24) is 0 Å². The van der Waals surface area contributed by atoms with Gasteiger partial charge in [-0.3, -0.25) is 0 Å². The highest BCUT2D eigenvalue weighted by molar-refractivity contribution is 4.88. The molecule has 0 spiro atoms. The fourth-order valence-corrected chi connectivity index (χ4v) is 3.21. The SMILES string of the molecule is CCCC(O)(CC)C1CCC(CC)CC1. The summed E-state index contributed by atoms with van der Waals surface area (Å²) in [5.74, 6) is 1.51. The lowest BCUT2D eigenvalue weighted by atomic mass is 9.70. The Labute approximate surface area is 95.3 Å². The lowest BCUT2D eigenvalue weighted by molar-refractivity contribution is -0.0487. The van der Waals surface area contributed by atoms with Crippen molar-refractivity contribution in [3.05, 3.63) is 0 Å². The van der Waals surface area contributed by atoms with Crippen LogP contribution in [0.15, 0.2) is 0 Å². The third-order valence-corrected chi connectivity index (χ3v) is 4.48. The second-order valence-corrected chi connectivity index (χ2v) is 5.33. The molecule has 1 saturated carbocycles. The molecule has 1 aliphatic carbocycles. The molecule has 0 bridgehead atoms. The highest BCUT2D eigenvalue weighted by Gasteiger charge is 2.36. The largest absolute Gasteiger partial charge is 0.390 e. The number of hydrogen-bond acceptors (Lipinski definition) is 1. The second-order valence-electron chi connectivity index (χ2n) is 5.33. The van der Waals surface area contributed by atoms with Crippen LogP contribution in [0.3, 0.4) is 0 Å². The molecule has 90 valence electrons. The van der Waals surface area contributed by atoms with E-state index in [2.05, 4.69) is 20.8 Å². The van der Waals surface area contributed by atoms with Gasteiger partial charge in [-0.15, -0.1) is 0 Å². The predicted octanol–water partition coefficient (Wildman–Crippen LogP) is 4.14. The molecule has 1 nitrogen and oxygen atoms in total. The van der Waals surface area contributed by atoms with Crippen molar-refractivity contribution in [3.63, 3.8) is 0 Å². The molecular weight excluding hydrogens is 184 g/mol. The Balaban J connectivity index is 2.49. The summed E-state index contributed by atoms with van der Waals surface area (Å²) in [6, 6.07) is 0. The first-order valence-electron chi connectivity index (χ1n) is 6.88. The molecule has 1 heteroatoms. The van der Waals surface area contributed by atoms with Gasteiger partial charge in [0.25, 0.3) is 0 Å². The molecule has 1 rings (SSSR count). The smallest absolute Gasteiger partial charge is 0.0673 e. The highest BCUT2D eigenvalue weighted by Crippen LogP contribution is 2.40. The van der Waals surface area contributed by atoms with E-state index >= 15 is 0 Å². The van der Waals surface area contributed by atoms with Gasteiger partial charge in [0.15, 0.2) is 0 Å². The van der Waals surface area contributed by atoms with Crippen molar-refractivity contribution in [1.29, 1.82) is 0 Å². The molecule has 1 unspecified atom stereocenters. The van der Waals surface area contributed by atoms with Crippen molar-refractivity contribution in [2.24, 2.45) is 11.8 Å². The van der Waals surface area contributed by atoms with Crippen LogP contribution in [0.2, 0.25) is 0 Å². The van der Waals surface area contributed by atoms with Gasteiger partial charge in [0.2, 0.25) is 0 Å². The molecule has 0 radical (unpaired) electrons. The van der Waals surface area contributed by atoms with Gasteiger partial charge in [0, 0.05) is 0 Å². The summed E-state index contributed by atoms with van der Waals surface area (Å²) < 4.78 is 0. The molecule has 0 aromatic heterocycles. The fourth-order valence-electron chi connectivity index (χ4n) is 3.21. The van der Waals surface area contributed by atoms with Crippen LogP contribution in [0.25, 0.3) is 0 Å². The van der Waals surface area contributed by atoms with Gasteiger partial charge in [-0.05, 0) is 37.5 Å². The molecule has 0 aromatic carbocycles. The fraction of sp³-hybridized carbons (Fsp3) is 1.00. The average molecular weight is 212 g/mol. The maximum atomic E-state index is 10.6. The minimum Gasteiger partial charge on any atom is -0.390 e. The van der Waals surface area contributed by atoms with Crippen molar-refractivity contribution in [2.75, 3.05) is 0 Å². The van der Waals surface area contributed by atoms with Crippen LogP contribution in [-0.2, 0) is 0 Å².